The molecule has 1 aromatic heterocycles. The first-order valence-electron chi connectivity index (χ1n) is 9.07. The molecule has 3 rings (SSSR count). The first-order chi connectivity index (χ1) is 12.9. The summed E-state index contributed by atoms with van der Waals surface area (Å²) in [4.78, 5) is 19.4. The summed E-state index contributed by atoms with van der Waals surface area (Å²) in [6.45, 7) is 6.73. The number of pyridine rings is 1. The molecule has 138 valence electrons. The molecule has 0 spiro atoms. The molecule has 3 aromatic rings. The van der Waals surface area contributed by atoms with Gasteiger partial charge in [0.2, 0.25) is 0 Å². The van der Waals surface area contributed by atoms with Gasteiger partial charge < -0.3 is 10.2 Å². The Bertz CT molecular complexity index is 869. The number of carbonyl (C=O) groups is 1. The fourth-order valence-electron chi connectivity index (χ4n) is 2.79. The highest BCUT2D eigenvalue weighted by molar-refractivity contribution is 6.05. The number of carbonyl (C=O) groups excluding carboxylic acids is 1. The molecule has 0 unspecified atom stereocenters. The van der Waals surface area contributed by atoms with Gasteiger partial charge in [0.25, 0.3) is 5.91 Å². The highest BCUT2D eigenvalue weighted by Gasteiger charge is 2.19. The summed E-state index contributed by atoms with van der Waals surface area (Å²) in [7, 11) is 0. The summed E-state index contributed by atoms with van der Waals surface area (Å²) in [6, 6.07) is 23.4. The van der Waals surface area contributed by atoms with Crippen LogP contribution >= 0.6 is 0 Å². The van der Waals surface area contributed by atoms with Gasteiger partial charge in [-0.15, -0.1) is 0 Å². The van der Waals surface area contributed by atoms with Crippen molar-refractivity contribution < 1.29 is 4.79 Å². The highest BCUT2D eigenvalue weighted by atomic mass is 16.2. The molecular formula is C23H25N3O. The van der Waals surface area contributed by atoms with E-state index in [-0.39, 0.29) is 11.4 Å². The van der Waals surface area contributed by atoms with Gasteiger partial charge in [0.15, 0.2) is 0 Å². The topological polar surface area (TPSA) is 45.2 Å². The molecule has 2 aromatic carbocycles. The lowest BCUT2D eigenvalue weighted by atomic mass is 10.1. The molecule has 1 heterocycles. The number of nitrogens with zero attached hydrogens (tertiary/aromatic N) is 2. The third-order valence-corrected chi connectivity index (χ3v) is 4.01. The molecule has 0 radical (unpaired) electrons. The molecule has 0 bridgehead atoms. The molecule has 0 atom stereocenters. The van der Waals surface area contributed by atoms with Gasteiger partial charge in [-0.25, -0.2) is 4.98 Å². The van der Waals surface area contributed by atoms with Crippen molar-refractivity contribution in [2.24, 2.45) is 0 Å². The number of amides is 1. The Balaban J connectivity index is 1.86. The lowest BCUT2D eigenvalue weighted by Crippen LogP contribution is -2.30. The zero-order chi connectivity index (χ0) is 19.3. The van der Waals surface area contributed by atoms with Crippen molar-refractivity contribution in [1.29, 1.82) is 0 Å². The Morgan fingerprint density at radius 2 is 1.56 bits per heavy atom. The average Bonchev–Trinajstić information content (AvgIpc) is 2.66. The van der Waals surface area contributed by atoms with Gasteiger partial charge >= 0.3 is 0 Å². The highest BCUT2D eigenvalue weighted by Crippen LogP contribution is 2.21. The minimum absolute atomic E-state index is 0.0696. The standard InChI is InChI=1S/C23H25N3O/c1-23(2,3)25-21-15-14-19(16-24-21)22(27)26(20-12-8-5-9-13-20)17-18-10-6-4-7-11-18/h4-16H,17H2,1-3H3,(H,24,25). The van der Waals surface area contributed by atoms with Crippen LogP contribution < -0.4 is 10.2 Å². The van der Waals surface area contributed by atoms with Crippen molar-refractivity contribution >= 4 is 17.4 Å². The number of aromatic nitrogens is 1. The van der Waals surface area contributed by atoms with E-state index in [2.05, 4.69) is 31.1 Å². The van der Waals surface area contributed by atoms with Crippen LogP contribution in [0.15, 0.2) is 79.0 Å². The summed E-state index contributed by atoms with van der Waals surface area (Å²) in [5.74, 6) is 0.688. The number of anilines is 2. The van der Waals surface area contributed by atoms with E-state index in [0.717, 1.165) is 17.1 Å². The Labute approximate surface area is 160 Å². The fraction of sp³-hybridized carbons (Fsp3) is 0.217. The second-order valence-electron chi connectivity index (χ2n) is 7.52. The molecular weight excluding hydrogens is 334 g/mol. The number of hydrogen-bond donors (Lipinski definition) is 1. The maximum Gasteiger partial charge on any atom is 0.260 e. The minimum atomic E-state index is -0.0814. The molecule has 4 heteroatoms. The van der Waals surface area contributed by atoms with Crippen molar-refractivity contribution in [1.82, 2.24) is 4.98 Å². The van der Waals surface area contributed by atoms with E-state index in [4.69, 9.17) is 0 Å². The van der Waals surface area contributed by atoms with Crippen LogP contribution in [0.25, 0.3) is 0 Å². The van der Waals surface area contributed by atoms with E-state index in [1.165, 1.54) is 0 Å². The number of rotatable bonds is 5. The number of benzene rings is 2. The van der Waals surface area contributed by atoms with E-state index in [1.807, 2.05) is 72.8 Å². The van der Waals surface area contributed by atoms with Crippen molar-refractivity contribution in [3.05, 3.63) is 90.1 Å². The molecule has 27 heavy (non-hydrogen) atoms. The summed E-state index contributed by atoms with van der Waals surface area (Å²) >= 11 is 0. The monoisotopic (exact) mass is 359 g/mol. The summed E-state index contributed by atoms with van der Waals surface area (Å²) in [6.07, 6.45) is 1.64. The fourth-order valence-corrected chi connectivity index (χ4v) is 2.79. The first kappa shape index (κ1) is 18.6. The molecule has 0 saturated heterocycles. The number of para-hydroxylation sites is 1. The van der Waals surface area contributed by atoms with Gasteiger partial charge in [-0.3, -0.25) is 4.79 Å². The van der Waals surface area contributed by atoms with E-state index in [9.17, 15) is 4.79 Å². The lowest BCUT2D eigenvalue weighted by Gasteiger charge is -2.24. The Kier molecular flexibility index (Phi) is 5.55. The molecule has 4 nitrogen and oxygen atoms in total. The number of nitrogens with one attached hydrogen (secondary N) is 1. The van der Waals surface area contributed by atoms with Crippen molar-refractivity contribution in [3.8, 4) is 0 Å². The van der Waals surface area contributed by atoms with Gasteiger partial charge in [0.1, 0.15) is 5.82 Å². The predicted molar refractivity (Wildman–Crippen MR) is 111 cm³/mol. The van der Waals surface area contributed by atoms with E-state index < -0.39 is 0 Å². The summed E-state index contributed by atoms with van der Waals surface area (Å²) < 4.78 is 0. The number of hydrogen-bond acceptors (Lipinski definition) is 3. The van der Waals surface area contributed by atoms with Gasteiger partial charge in [0.05, 0.1) is 12.1 Å². The molecule has 1 N–H and O–H groups in total. The van der Waals surface area contributed by atoms with Crippen LogP contribution in [-0.4, -0.2) is 16.4 Å². The molecule has 0 aliphatic heterocycles. The van der Waals surface area contributed by atoms with Gasteiger partial charge in [0, 0.05) is 17.4 Å². The van der Waals surface area contributed by atoms with E-state index in [0.29, 0.717) is 12.1 Å². The molecule has 0 aliphatic rings. The molecule has 0 saturated carbocycles. The first-order valence-corrected chi connectivity index (χ1v) is 9.07. The predicted octanol–water partition coefficient (Wildman–Crippen LogP) is 5.14. The third kappa shape index (κ3) is 5.17. The maximum atomic E-state index is 13.2. The smallest absolute Gasteiger partial charge is 0.260 e. The largest absolute Gasteiger partial charge is 0.365 e. The molecule has 0 aliphatic carbocycles. The van der Waals surface area contributed by atoms with Gasteiger partial charge in [-0.1, -0.05) is 48.5 Å². The second-order valence-corrected chi connectivity index (χ2v) is 7.52. The van der Waals surface area contributed by atoms with Crippen LogP contribution in [0.1, 0.15) is 36.7 Å². The second kappa shape index (κ2) is 8.04. The Hall–Kier alpha value is -3.14. The molecule has 0 fully saturated rings. The Morgan fingerprint density at radius 3 is 2.11 bits per heavy atom. The Morgan fingerprint density at radius 1 is 0.926 bits per heavy atom. The van der Waals surface area contributed by atoms with Crippen LogP contribution in [0.5, 0.6) is 0 Å². The maximum absolute atomic E-state index is 13.2. The quantitative estimate of drug-likeness (QED) is 0.686. The summed E-state index contributed by atoms with van der Waals surface area (Å²) in [5, 5.41) is 3.31. The van der Waals surface area contributed by atoms with Gasteiger partial charge in [-0.05, 0) is 50.6 Å². The van der Waals surface area contributed by atoms with Crippen LogP contribution in [0.2, 0.25) is 0 Å². The molecule has 1 amide bonds. The minimum Gasteiger partial charge on any atom is -0.365 e. The zero-order valence-electron chi connectivity index (χ0n) is 16.0. The van der Waals surface area contributed by atoms with Crippen LogP contribution in [-0.2, 0) is 6.54 Å². The van der Waals surface area contributed by atoms with Crippen LogP contribution in [0, 0.1) is 0 Å². The van der Waals surface area contributed by atoms with Crippen LogP contribution in [0.3, 0.4) is 0 Å². The van der Waals surface area contributed by atoms with Crippen molar-refractivity contribution in [3.63, 3.8) is 0 Å². The van der Waals surface area contributed by atoms with Crippen molar-refractivity contribution in [2.45, 2.75) is 32.9 Å². The average molecular weight is 359 g/mol. The van der Waals surface area contributed by atoms with E-state index in [1.54, 1.807) is 11.1 Å². The summed E-state index contributed by atoms with van der Waals surface area (Å²) in [5.41, 5.74) is 2.42. The van der Waals surface area contributed by atoms with Gasteiger partial charge in [-0.2, -0.15) is 0 Å². The lowest BCUT2D eigenvalue weighted by molar-refractivity contribution is 0.0985. The third-order valence-electron chi connectivity index (χ3n) is 4.01. The van der Waals surface area contributed by atoms with Crippen LogP contribution in [0.4, 0.5) is 11.5 Å². The van der Waals surface area contributed by atoms with E-state index >= 15 is 0 Å². The normalized spacial score (nSPS) is 11.1. The SMILES string of the molecule is CC(C)(C)Nc1ccc(C(=O)N(Cc2ccccc2)c2ccccc2)cn1. The zero-order valence-corrected chi connectivity index (χ0v) is 16.0. The van der Waals surface area contributed by atoms with Crippen molar-refractivity contribution in [2.75, 3.05) is 10.2 Å².